The van der Waals surface area contributed by atoms with E-state index in [-0.39, 0.29) is 12.2 Å². The van der Waals surface area contributed by atoms with E-state index in [0.29, 0.717) is 22.1 Å². The van der Waals surface area contributed by atoms with Crippen LogP contribution in [0.15, 0.2) is 42.6 Å². The van der Waals surface area contributed by atoms with Gasteiger partial charge >= 0.3 is 18.2 Å². The zero-order chi connectivity index (χ0) is 25.3. The van der Waals surface area contributed by atoms with Crippen LogP contribution in [0.25, 0.3) is 6.08 Å². The zero-order valence-corrected chi connectivity index (χ0v) is 18.4. The average molecular weight is 472 g/mol. The predicted molar refractivity (Wildman–Crippen MR) is 114 cm³/mol. The van der Waals surface area contributed by atoms with E-state index in [1.165, 1.54) is 38.0 Å². The van der Waals surface area contributed by atoms with Crippen LogP contribution < -0.4 is 4.90 Å². The second-order valence-corrected chi connectivity index (χ2v) is 7.87. The number of nitrogens with zero attached hydrogens (tertiary/aromatic N) is 4. The predicted octanol–water partition coefficient (Wildman–Crippen LogP) is 3.91. The molecule has 1 fully saturated rings. The summed E-state index contributed by atoms with van der Waals surface area (Å²) < 4.78 is 44.6. The number of halogens is 3. The SMILES string of the molecule is COC(=O)/C=C/c1ccc(CN2C(=O)N(c3cnc(C#N)c(C(F)(F)F)c3)C(=O)C2(C)C)cc1. The number of pyridine rings is 1. The van der Waals surface area contributed by atoms with Crippen LogP contribution in [0.3, 0.4) is 0 Å². The van der Waals surface area contributed by atoms with Gasteiger partial charge in [0.2, 0.25) is 0 Å². The molecular weight excluding hydrogens is 453 g/mol. The Bertz CT molecular complexity index is 1210. The van der Waals surface area contributed by atoms with Crippen LogP contribution in [0.1, 0.15) is 36.2 Å². The monoisotopic (exact) mass is 472 g/mol. The molecule has 3 amide bonds. The van der Waals surface area contributed by atoms with Gasteiger partial charge in [-0.25, -0.2) is 19.5 Å². The van der Waals surface area contributed by atoms with Crippen LogP contribution >= 0.6 is 0 Å². The molecule has 0 saturated carbocycles. The van der Waals surface area contributed by atoms with E-state index in [1.807, 2.05) is 0 Å². The molecule has 2 aromatic rings. The summed E-state index contributed by atoms with van der Waals surface area (Å²) >= 11 is 0. The van der Waals surface area contributed by atoms with E-state index in [4.69, 9.17) is 5.26 Å². The molecule has 0 N–H and O–H groups in total. The van der Waals surface area contributed by atoms with E-state index in [1.54, 1.807) is 30.3 Å². The van der Waals surface area contributed by atoms with Crippen molar-refractivity contribution in [3.8, 4) is 6.07 Å². The first kappa shape index (κ1) is 24.4. The number of hydrogen-bond donors (Lipinski definition) is 0. The van der Waals surface area contributed by atoms with Gasteiger partial charge in [-0.05, 0) is 37.1 Å². The molecule has 8 nitrogen and oxygen atoms in total. The van der Waals surface area contributed by atoms with Crippen molar-refractivity contribution in [2.75, 3.05) is 12.0 Å². The van der Waals surface area contributed by atoms with E-state index in [2.05, 4.69) is 9.72 Å². The molecule has 0 atom stereocenters. The number of aromatic nitrogens is 1. The van der Waals surface area contributed by atoms with Crippen molar-refractivity contribution in [2.24, 2.45) is 0 Å². The van der Waals surface area contributed by atoms with Crippen LogP contribution in [-0.2, 0) is 27.0 Å². The fraction of sp³-hybridized carbons (Fsp3) is 0.261. The molecule has 0 bridgehead atoms. The molecule has 0 aliphatic carbocycles. The Morgan fingerprint density at radius 2 is 1.88 bits per heavy atom. The third-order valence-corrected chi connectivity index (χ3v) is 5.30. The van der Waals surface area contributed by atoms with Crippen molar-refractivity contribution >= 4 is 29.7 Å². The van der Waals surface area contributed by atoms with Gasteiger partial charge in [-0.2, -0.15) is 18.4 Å². The standard InChI is InChI=1S/C23H19F3N4O4/c1-22(2)20(32)30(16-10-17(23(24,25)26)18(11-27)28-12-16)21(33)29(22)13-15-6-4-14(5-7-15)8-9-19(31)34-3/h4-10,12H,13H2,1-3H3/b9-8+. The van der Waals surface area contributed by atoms with Crippen LogP contribution in [0.5, 0.6) is 0 Å². The molecule has 34 heavy (non-hydrogen) atoms. The number of hydrogen-bond acceptors (Lipinski definition) is 6. The number of benzene rings is 1. The first-order chi connectivity index (χ1) is 15.9. The molecule has 1 aliphatic rings. The van der Waals surface area contributed by atoms with Crippen LogP contribution in [0, 0.1) is 11.3 Å². The second-order valence-electron chi connectivity index (χ2n) is 7.87. The smallest absolute Gasteiger partial charge is 0.419 e. The number of anilines is 1. The summed E-state index contributed by atoms with van der Waals surface area (Å²) in [5.74, 6) is -1.24. The van der Waals surface area contributed by atoms with Crippen LogP contribution in [-0.4, -0.2) is 40.4 Å². The van der Waals surface area contributed by atoms with Gasteiger partial charge in [-0.1, -0.05) is 24.3 Å². The number of carbonyl (C=O) groups is 3. The van der Waals surface area contributed by atoms with Gasteiger partial charge in [-0.3, -0.25) is 4.79 Å². The Morgan fingerprint density at radius 3 is 2.44 bits per heavy atom. The van der Waals surface area contributed by atoms with Crippen molar-refractivity contribution in [3.05, 3.63) is 65.0 Å². The number of ether oxygens (including phenoxy) is 1. The number of methoxy groups -OCH3 is 1. The van der Waals surface area contributed by atoms with Crippen molar-refractivity contribution in [1.82, 2.24) is 9.88 Å². The quantitative estimate of drug-likeness (QED) is 0.371. The number of alkyl halides is 3. The third kappa shape index (κ3) is 4.61. The molecule has 3 rings (SSSR count). The summed E-state index contributed by atoms with van der Waals surface area (Å²) in [5, 5.41) is 8.93. The molecule has 1 aliphatic heterocycles. The summed E-state index contributed by atoms with van der Waals surface area (Å²) in [5.41, 5.74) is -2.57. The number of amides is 3. The second kappa shape index (κ2) is 8.97. The molecule has 0 radical (unpaired) electrons. The van der Waals surface area contributed by atoms with Gasteiger partial charge in [0.25, 0.3) is 5.91 Å². The lowest BCUT2D eigenvalue weighted by atomic mass is 10.0. The third-order valence-electron chi connectivity index (χ3n) is 5.30. The fourth-order valence-corrected chi connectivity index (χ4v) is 3.36. The number of rotatable bonds is 5. The fourth-order valence-electron chi connectivity index (χ4n) is 3.36. The lowest BCUT2D eigenvalue weighted by Crippen LogP contribution is -2.43. The van der Waals surface area contributed by atoms with Crippen molar-refractivity contribution in [1.29, 1.82) is 5.26 Å². The molecule has 2 heterocycles. The average Bonchev–Trinajstić information content (AvgIpc) is 2.96. The molecule has 176 valence electrons. The lowest BCUT2D eigenvalue weighted by molar-refractivity contribution is -0.138. The highest BCUT2D eigenvalue weighted by atomic mass is 19.4. The summed E-state index contributed by atoms with van der Waals surface area (Å²) in [4.78, 5) is 42.7. The molecule has 0 spiro atoms. The molecule has 11 heteroatoms. The summed E-state index contributed by atoms with van der Waals surface area (Å²) in [7, 11) is 1.26. The molecule has 1 aromatic carbocycles. The Hall–Kier alpha value is -4.20. The van der Waals surface area contributed by atoms with Crippen molar-refractivity contribution in [2.45, 2.75) is 32.1 Å². The van der Waals surface area contributed by atoms with E-state index in [9.17, 15) is 27.6 Å². The summed E-state index contributed by atoms with van der Waals surface area (Å²) in [6, 6.07) is 7.90. The number of nitriles is 1. The zero-order valence-electron chi connectivity index (χ0n) is 18.4. The number of imide groups is 1. The van der Waals surface area contributed by atoms with Crippen LogP contribution in [0.4, 0.5) is 23.7 Å². The van der Waals surface area contributed by atoms with Gasteiger partial charge in [-0.15, -0.1) is 0 Å². The van der Waals surface area contributed by atoms with E-state index < -0.39 is 40.9 Å². The highest BCUT2D eigenvalue weighted by molar-refractivity contribution is 6.22. The maximum atomic E-state index is 13.3. The largest absolute Gasteiger partial charge is 0.466 e. The highest BCUT2D eigenvalue weighted by Gasteiger charge is 2.52. The Balaban J connectivity index is 1.89. The Morgan fingerprint density at radius 1 is 1.24 bits per heavy atom. The molecule has 0 unspecified atom stereocenters. The summed E-state index contributed by atoms with van der Waals surface area (Å²) in [6.07, 6.45) is -1.20. The topological polar surface area (TPSA) is 104 Å². The maximum absolute atomic E-state index is 13.3. The maximum Gasteiger partial charge on any atom is 0.419 e. The number of urea groups is 1. The van der Waals surface area contributed by atoms with Crippen molar-refractivity contribution < 1.29 is 32.3 Å². The van der Waals surface area contributed by atoms with Gasteiger partial charge in [0.15, 0.2) is 5.69 Å². The highest BCUT2D eigenvalue weighted by Crippen LogP contribution is 2.37. The molecule has 1 saturated heterocycles. The van der Waals surface area contributed by atoms with Gasteiger partial charge < -0.3 is 9.64 Å². The van der Waals surface area contributed by atoms with Gasteiger partial charge in [0.1, 0.15) is 11.6 Å². The summed E-state index contributed by atoms with van der Waals surface area (Å²) in [6.45, 7) is 2.98. The van der Waals surface area contributed by atoms with Gasteiger partial charge in [0.05, 0.1) is 24.6 Å². The lowest BCUT2D eigenvalue weighted by Gasteiger charge is -2.27. The minimum absolute atomic E-state index is 0.00487. The molecule has 1 aromatic heterocycles. The van der Waals surface area contributed by atoms with E-state index >= 15 is 0 Å². The molecular formula is C23H19F3N4O4. The van der Waals surface area contributed by atoms with Crippen molar-refractivity contribution in [3.63, 3.8) is 0 Å². The van der Waals surface area contributed by atoms with Crippen LogP contribution in [0.2, 0.25) is 0 Å². The minimum atomic E-state index is -4.89. The van der Waals surface area contributed by atoms with Gasteiger partial charge in [0, 0.05) is 12.6 Å². The Kier molecular flexibility index (Phi) is 6.45. The first-order valence-electron chi connectivity index (χ1n) is 9.88. The number of carbonyl (C=O) groups excluding carboxylic acids is 3. The Labute approximate surface area is 192 Å². The normalized spacial score (nSPS) is 15.7. The minimum Gasteiger partial charge on any atom is -0.466 e. The first-order valence-corrected chi connectivity index (χ1v) is 9.88. The number of esters is 1. The van der Waals surface area contributed by atoms with E-state index in [0.717, 1.165) is 6.20 Å².